The maximum atomic E-state index is 13.7. The third kappa shape index (κ3) is 3.24. The van der Waals surface area contributed by atoms with E-state index >= 15 is 0 Å². The van der Waals surface area contributed by atoms with Gasteiger partial charge in [-0.05, 0) is 37.1 Å². The summed E-state index contributed by atoms with van der Waals surface area (Å²) in [4.78, 5) is 4.86. The fourth-order valence-corrected chi connectivity index (χ4v) is 4.92. The number of rotatable bonds is 5. The largest absolute Gasteiger partial charge is 0.440 e. The molecule has 0 spiro atoms. The van der Waals surface area contributed by atoms with Crippen LogP contribution in [0.5, 0.6) is 0 Å². The molecule has 2 aromatic heterocycles. The maximum absolute atomic E-state index is 13.7. The molecule has 0 unspecified atom stereocenters. The second-order valence-corrected chi connectivity index (χ2v) is 9.03. The van der Waals surface area contributed by atoms with Gasteiger partial charge in [-0.1, -0.05) is 6.42 Å². The summed E-state index contributed by atoms with van der Waals surface area (Å²) in [6, 6.07) is 5.57. The Bertz CT molecular complexity index is 1060. The van der Waals surface area contributed by atoms with Crippen LogP contribution in [0.4, 0.5) is 14.5 Å². The van der Waals surface area contributed by atoms with Crippen molar-refractivity contribution >= 4 is 27.0 Å². The van der Waals surface area contributed by atoms with Gasteiger partial charge < -0.3 is 4.42 Å². The maximum Gasteiger partial charge on any atom is 0.271 e. The first kappa shape index (κ1) is 17.2. The fourth-order valence-electron chi connectivity index (χ4n) is 2.61. The van der Waals surface area contributed by atoms with Gasteiger partial charge in [0.1, 0.15) is 15.8 Å². The molecule has 0 saturated heterocycles. The van der Waals surface area contributed by atoms with Gasteiger partial charge in [0.05, 0.1) is 16.8 Å². The lowest BCUT2D eigenvalue weighted by molar-refractivity contribution is 0.338. The van der Waals surface area contributed by atoms with Crippen LogP contribution in [-0.4, -0.2) is 13.4 Å². The number of hydrogen-bond donors (Lipinski definition) is 1. The number of hydrogen-bond acceptors (Lipinski definition) is 5. The Morgan fingerprint density at radius 3 is 2.73 bits per heavy atom. The molecular formula is C17H14F2N2O3S2. The highest BCUT2D eigenvalue weighted by atomic mass is 32.2. The van der Waals surface area contributed by atoms with E-state index in [0.717, 1.165) is 48.8 Å². The first-order valence-electron chi connectivity index (χ1n) is 7.96. The summed E-state index contributed by atoms with van der Waals surface area (Å²) >= 11 is 0.972. The van der Waals surface area contributed by atoms with Crippen molar-refractivity contribution in [1.29, 1.82) is 0 Å². The highest BCUT2D eigenvalue weighted by Crippen LogP contribution is 2.38. The standard InChI is InChI=1S/C17H14F2N2O3S2/c18-11-4-5-12(19)13(8-11)21-26(22,23)16-7-6-15(25-16)14-9-20-17(24-14)10-2-1-3-10/h4-10,21H,1-3H2. The van der Waals surface area contributed by atoms with Crippen molar-refractivity contribution in [3.05, 3.63) is 54.1 Å². The third-order valence-electron chi connectivity index (χ3n) is 4.24. The Labute approximate surface area is 152 Å². The minimum atomic E-state index is -4.04. The van der Waals surface area contributed by atoms with Gasteiger partial charge in [0.2, 0.25) is 0 Å². The number of nitrogens with zero attached hydrogens (tertiary/aromatic N) is 1. The Hall–Kier alpha value is -2.26. The predicted molar refractivity (Wildman–Crippen MR) is 93.6 cm³/mol. The first-order valence-corrected chi connectivity index (χ1v) is 10.3. The zero-order chi connectivity index (χ0) is 18.3. The zero-order valence-corrected chi connectivity index (χ0v) is 15.0. The van der Waals surface area contributed by atoms with Crippen LogP contribution in [0.3, 0.4) is 0 Å². The minimum absolute atomic E-state index is 0.0299. The highest BCUT2D eigenvalue weighted by Gasteiger charge is 2.25. The molecule has 1 fully saturated rings. The number of halogens is 2. The molecule has 0 amide bonds. The van der Waals surface area contributed by atoms with Crippen molar-refractivity contribution in [3.63, 3.8) is 0 Å². The normalized spacial score (nSPS) is 15.0. The van der Waals surface area contributed by atoms with Crippen molar-refractivity contribution in [2.45, 2.75) is 29.4 Å². The number of nitrogens with one attached hydrogen (secondary N) is 1. The molecule has 1 aromatic carbocycles. The molecule has 9 heteroatoms. The molecule has 4 rings (SSSR count). The lowest BCUT2D eigenvalue weighted by Crippen LogP contribution is -2.12. The van der Waals surface area contributed by atoms with E-state index in [2.05, 4.69) is 9.71 Å². The Morgan fingerprint density at radius 2 is 2.00 bits per heavy atom. The van der Waals surface area contributed by atoms with Crippen LogP contribution in [0.15, 0.2) is 45.2 Å². The molecule has 0 atom stereocenters. The molecule has 1 aliphatic carbocycles. The summed E-state index contributed by atoms with van der Waals surface area (Å²) in [5, 5.41) is 0. The second-order valence-electron chi connectivity index (χ2n) is 6.04. The van der Waals surface area contributed by atoms with Crippen LogP contribution in [-0.2, 0) is 10.0 Å². The number of sulfonamides is 1. The summed E-state index contributed by atoms with van der Waals surface area (Å²) in [5.41, 5.74) is -0.438. The number of anilines is 1. The average molecular weight is 396 g/mol. The van der Waals surface area contributed by atoms with Gasteiger partial charge in [-0.2, -0.15) is 0 Å². The van der Waals surface area contributed by atoms with Gasteiger partial charge >= 0.3 is 0 Å². The number of oxazole rings is 1. The van der Waals surface area contributed by atoms with Crippen molar-refractivity contribution in [3.8, 4) is 10.6 Å². The summed E-state index contributed by atoms with van der Waals surface area (Å²) in [5.74, 6) is -0.0860. The van der Waals surface area contributed by atoms with E-state index in [4.69, 9.17) is 4.42 Å². The number of aromatic nitrogens is 1. The van der Waals surface area contributed by atoms with Gasteiger partial charge in [-0.15, -0.1) is 11.3 Å². The summed E-state index contributed by atoms with van der Waals surface area (Å²) in [6.45, 7) is 0. The van der Waals surface area contributed by atoms with E-state index in [9.17, 15) is 17.2 Å². The molecule has 136 valence electrons. The monoisotopic (exact) mass is 396 g/mol. The fraction of sp³-hybridized carbons (Fsp3) is 0.235. The Balaban J connectivity index is 1.58. The molecule has 0 aliphatic heterocycles. The molecule has 3 aromatic rings. The molecular weight excluding hydrogens is 382 g/mol. The van der Waals surface area contributed by atoms with E-state index in [0.29, 0.717) is 22.4 Å². The van der Waals surface area contributed by atoms with Crippen LogP contribution >= 0.6 is 11.3 Å². The van der Waals surface area contributed by atoms with Crippen molar-refractivity contribution < 1.29 is 21.6 Å². The Kier molecular flexibility index (Phi) is 4.28. The first-order chi connectivity index (χ1) is 12.4. The lowest BCUT2D eigenvalue weighted by atomic mass is 9.85. The van der Waals surface area contributed by atoms with Gasteiger partial charge in [-0.3, -0.25) is 4.72 Å². The summed E-state index contributed by atoms with van der Waals surface area (Å²) in [6.07, 6.45) is 4.84. The van der Waals surface area contributed by atoms with E-state index in [1.54, 1.807) is 12.3 Å². The van der Waals surface area contributed by atoms with Crippen LogP contribution in [0.1, 0.15) is 31.1 Å². The number of benzene rings is 1. The van der Waals surface area contributed by atoms with Crippen molar-refractivity contribution in [2.24, 2.45) is 0 Å². The van der Waals surface area contributed by atoms with Gasteiger partial charge in [0.15, 0.2) is 11.7 Å². The van der Waals surface area contributed by atoms with E-state index in [1.165, 1.54) is 6.07 Å². The van der Waals surface area contributed by atoms with E-state index in [-0.39, 0.29) is 4.21 Å². The van der Waals surface area contributed by atoms with Gasteiger partial charge in [0.25, 0.3) is 10.0 Å². The van der Waals surface area contributed by atoms with Gasteiger partial charge in [-0.25, -0.2) is 22.2 Å². The highest BCUT2D eigenvalue weighted by molar-refractivity contribution is 7.94. The molecule has 0 radical (unpaired) electrons. The average Bonchev–Trinajstić information content (AvgIpc) is 3.18. The topological polar surface area (TPSA) is 72.2 Å². The predicted octanol–water partition coefficient (Wildman–Crippen LogP) is 4.75. The zero-order valence-electron chi connectivity index (χ0n) is 13.4. The Morgan fingerprint density at radius 1 is 1.19 bits per heavy atom. The smallest absolute Gasteiger partial charge is 0.271 e. The van der Waals surface area contributed by atoms with Crippen LogP contribution in [0.25, 0.3) is 10.6 Å². The third-order valence-corrected chi connectivity index (χ3v) is 7.20. The quantitative estimate of drug-likeness (QED) is 0.676. The van der Waals surface area contributed by atoms with Crippen LogP contribution in [0, 0.1) is 11.6 Å². The summed E-state index contributed by atoms with van der Waals surface area (Å²) in [7, 11) is -4.04. The SMILES string of the molecule is O=S(=O)(Nc1cc(F)ccc1F)c1ccc(-c2cnc(C3CCC3)o2)s1. The lowest BCUT2D eigenvalue weighted by Gasteiger charge is -2.21. The van der Waals surface area contributed by atoms with Crippen molar-refractivity contribution in [2.75, 3.05) is 4.72 Å². The molecule has 1 aliphatic rings. The van der Waals surface area contributed by atoms with E-state index < -0.39 is 27.3 Å². The molecule has 1 saturated carbocycles. The van der Waals surface area contributed by atoms with Crippen LogP contribution in [0.2, 0.25) is 0 Å². The van der Waals surface area contributed by atoms with Gasteiger partial charge in [0, 0.05) is 12.0 Å². The van der Waals surface area contributed by atoms with E-state index in [1.807, 2.05) is 0 Å². The van der Waals surface area contributed by atoms with Crippen LogP contribution < -0.4 is 4.72 Å². The molecule has 0 bridgehead atoms. The molecule has 2 heterocycles. The molecule has 1 N–H and O–H groups in total. The second kappa shape index (κ2) is 6.48. The summed E-state index contributed by atoms with van der Waals surface area (Å²) < 4.78 is 59.6. The molecule has 5 nitrogen and oxygen atoms in total. The number of thiophene rings is 1. The minimum Gasteiger partial charge on any atom is -0.440 e. The molecule has 26 heavy (non-hydrogen) atoms. The van der Waals surface area contributed by atoms with Crippen molar-refractivity contribution in [1.82, 2.24) is 4.98 Å².